The van der Waals surface area contributed by atoms with Crippen LogP contribution in [0.25, 0.3) is 0 Å². The maximum absolute atomic E-state index is 10.2. The number of aliphatic hydroxyl groups excluding tert-OH is 5. The Kier molecular flexibility index (Phi) is 16.4. The lowest BCUT2D eigenvalue weighted by Gasteiger charge is -2.39. The highest BCUT2D eigenvalue weighted by Crippen LogP contribution is 2.22. The smallest absolute Gasteiger partial charge is 0.186 e. The molecule has 5 unspecified atom stereocenters. The van der Waals surface area contributed by atoms with Crippen LogP contribution >= 0.6 is 0 Å². The van der Waals surface area contributed by atoms with Gasteiger partial charge < -0.3 is 40.7 Å². The zero-order valence-corrected chi connectivity index (χ0v) is 19.7. The summed E-state index contributed by atoms with van der Waals surface area (Å²) in [7, 11) is 0. The molecule has 7 atom stereocenters. The molecule has 8 heteroatoms. The lowest BCUT2D eigenvalue weighted by Crippen LogP contribution is -2.59. The summed E-state index contributed by atoms with van der Waals surface area (Å²) in [6.45, 7) is 1.60. The molecule has 1 saturated heterocycles. The van der Waals surface area contributed by atoms with Crippen LogP contribution in [-0.2, 0) is 9.47 Å². The summed E-state index contributed by atoms with van der Waals surface area (Å²) in [6, 6.07) is -0.740. The SMILES string of the molecule is CCCCCCCCCCCCC/C=C/C(O)C(N)COC1OC(CO)[C@@H](O)C(O)[C@H]1O. The van der Waals surface area contributed by atoms with Crippen molar-refractivity contribution in [2.45, 2.75) is 127 Å². The molecule has 1 aliphatic rings. The summed E-state index contributed by atoms with van der Waals surface area (Å²) in [6.07, 6.45) is 11.1. The third kappa shape index (κ3) is 11.5. The Labute approximate surface area is 193 Å². The van der Waals surface area contributed by atoms with Crippen LogP contribution in [0, 0.1) is 0 Å². The number of rotatable bonds is 18. The minimum Gasteiger partial charge on any atom is -0.394 e. The summed E-state index contributed by atoms with van der Waals surface area (Å²) in [4.78, 5) is 0. The van der Waals surface area contributed by atoms with Gasteiger partial charge in [-0.2, -0.15) is 0 Å². The van der Waals surface area contributed by atoms with Gasteiger partial charge >= 0.3 is 0 Å². The Morgan fingerprint density at radius 3 is 2.00 bits per heavy atom. The predicted molar refractivity (Wildman–Crippen MR) is 124 cm³/mol. The zero-order valence-electron chi connectivity index (χ0n) is 19.7. The Morgan fingerprint density at radius 2 is 1.44 bits per heavy atom. The van der Waals surface area contributed by atoms with Crippen molar-refractivity contribution in [1.82, 2.24) is 0 Å². The van der Waals surface area contributed by atoms with Gasteiger partial charge in [0, 0.05) is 0 Å². The molecule has 0 aromatic heterocycles. The molecule has 0 amide bonds. The summed E-state index contributed by atoms with van der Waals surface area (Å²) < 4.78 is 10.6. The molecular weight excluding hydrogens is 414 g/mol. The minimum atomic E-state index is -1.50. The highest BCUT2D eigenvalue weighted by atomic mass is 16.7. The van der Waals surface area contributed by atoms with Crippen molar-refractivity contribution in [3.05, 3.63) is 12.2 Å². The van der Waals surface area contributed by atoms with Crippen LogP contribution in [0.3, 0.4) is 0 Å². The maximum Gasteiger partial charge on any atom is 0.186 e. The van der Waals surface area contributed by atoms with E-state index in [1.807, 2.05) is 6.08 Å². The van der Waals surface area contributed by atoms with Crippen molar-refractivity contribution < 1.29 is 35.0 Å². The van der Waals surface area contributed by atoms with Gasteiger partial charge in [-0.1, -0.05) is 83.3 Å². The van der Waals surface area contributed by atoms with Crippen LogP contribution < -0.4 is 5.73 Å². The summed E-state index contributed by atoms with van der Waals surface area (Å²) in [5.41, 5.74) is 5.93. The normalized spacial score (nSPS) is 28.3. The highest BCUT2D eigenvalue weighted by Gasteiger charge is 2.44. The first-order chi connectivity index (χ1) is 15.4. The second-order valence-electron chi connectivity index (χ2n) is 8.94. The van der Waals surface area contributed by atoms with E-state index in [4.69, 9.17) is 15.2 Å². The fourth-order valence-electron chi connectivity index (χ4n) is 3.81. The van der Waals surface area contributed by atoms with Gasteiger partial charge in [-0.25, -0.2) is 0 Å². The van der Waals surface area contributed by atoms with Gasteiger partial charge in [-0.05, 0) is 12.8 Å². The van der Waals surface area contributed by atoms with E-state index in [9.17, 15) is 25.5 Å². The van der Waals surface area contributed by atoms with E-state index in [2.05, 4.69) is 6.92 Å². The minimum absolute atomic E-state index is 0.118. The summed E-state index contributed by atoms with van der Waals surface area (Å²) in [5, 5.41) is 48.8. The lowest BCUT2D eigenvalue weighted by molar-refractivity contribution is -0.302. The second kappa shape index (κ2) is 17.8. The molecule has 8 nitrogen and oxygen atoms in total. The molecule has 1 aliphatic heterocycles. The van der Waals surface area contributed by atoms with Gasteiger partial charge in [0.15, 0.2) is 6.29 Å². The molecule has 1 heterocycles. The fourth-order valence-corrected chi connectivity index (χ4v) is 3.81. The standard InChI is InChI=1S/C24H47NO7/c1-2-3-4-5-6-7-8-9-10-11-12-13-14-15-19(27)18(25)17-31-24-23(30)22(29)21(28)20(16-26)32-24/h14-15,18-24,26-30H,2-13,16-17,25H2,1H3/b15-14+/t18?,19?,20?,21-,22?,23-,24?/m1/s1. The largest absolute Gasteiger partial charge is 0.394 e. The van der Waals surface area contributed by atoms with Crippen molar-refractivity contribution in [2.24, 2.45) is 5.73 Å². The average Bonchev–Trinajstić information content (AvgIpc) is 2.79. The summed E-state index contributed by atoms with van der Waals surface area (Å²) in [5.74, 6) is 0. The number of aliphatic hydroxyl groups is 5. The molecule has 0 aromatic rings. The van der Waals surface area contributed by atoms with E-state index in [0.29, 0.717) is 0 Å². The topological polar surface area (TPSA) is 146 Å². The maximum atomic E-state index is 10.2. The molecule has 0 bridgehead atoms. The zero-order chi connectivity index (χ0) is 23.8. The average molecular weight is 462 g/mol. The van der Waals surface area contributed by atoms with Crippen molar-refractivity contribution in [1.29, 1.82) is 0 Å². The Bertz CT molecular complexity index is 477. The van der Waals surface area contributed by atoms with Crippen LogP contribution in [0.15, 0.2) is 12.2 Å². The molecule has 0 aromatic carbocycles. The third-order valence-electron chi connectivity index (χ3n) is 6.05. The fraction of sp³-hybridized carbons (Fsp3) is 0.917. The molecule has 0 radical (unpaired) electrons. The van der Waals surface area contributed by atoms with E-state index in [-0.39, 0.29) is 6.61 Å². The number of allylic oxidation sites excluding steroid dienone is 1. The molecule has 32 heavy (non-hydrogen) atoms. The first-order valence-corrected chi connectivity index (χ1v) is 12.4. The van der Waals surface area contributed by atoms with E-state index in [0.717, 1.165) is 12.8 Å². The van der Waals surface area contributed by atoms with Crippen molar-refractivity contribution in [2.75, 3.05) is 13.2 Å². The van der Waals surface area contributed by atoms with Crippen LogP contribution in [0.5, 0.6) is 0 Å². The first kappa shape index (κ1) is 29.5. The van der Waals surface area contributed by atoms with Crippen LogP contribution in [0.1, 0.15) is 84.0 Å². The molecule has 1 rings (SSSR count). The predicted octanol–water partition coefficient (Wildman–Crippen LogP) is 1.75. The van der Waals surface area contributed by atoms with Crippen LogP contribution in [-0.4, -0.2) is 81.6 Å². The monoisotopic (exact) mass is 461 g/mol. The first-order valence-electron chi connectivity index (χ1n) is 12.4. The third-order valence-corrected chi connectivity index (χ3v) is 6.05. The molecule has 7 N–H and O–H groups in total. The Hall–Kier alpha value is -0.580. The highest BCUT2D eigenvalue weighted by molar-refractivity contribution is 4.94. The molecule has 0 aliphatic carbocycles. The van der Waals surface area contributed by atoms with Gasteiger partial charge in [0.2, 0.25) is 0 Å². The van der Waals surface area contributed by atoms with Crippen molar-refractivity contribution in [3.63, 3.8) is 0 Å². The molecule has 190 valence electrons. The Balaban J connectivity index is 2.10. The van der Waals surface area contributed by atoms with Gasteiger partial charge in [0.25, 0.3) is 0 Å². The Morgan fingerprint density at radius 1 is 0.875 bits per heavy atom. The van der Waals surface area contributed by atoms with E-state index < -0.39 is 49.5 Å². The summed E-state index contributed by atoms with van der Waals surface area (Å²) >= 11 is 0. The molecular formula is C24H47NO7. The van der Waals surface area contributed by atoms with Crippen LogP contribution in [0.2, 0.25) is 0 Å². The number of hydrogen-bond donors (Lipinski definition) is 6. The van der Waals surface area contributed by atoms with E-state index in [1.54, 1.807) is 6.08 Å². The van der Waals surface area contributed by atoms with Gasteiger partial charge in [0.1, 0.15) is 24.4 Å². The second-order valence-corrected chi connectivity index (χ2v) is 8.94. The van der Waals surface area contributed by atoms with E-state index >= 15 is 0 Å². The molecule has 1 fully saturated rings. The quantitative estimate of drug-likeness (QED) is 0.134. The van der Waals surface area contributed by atoms with Crippen LogP contribution in [0.4, 0.5) is 0 Å². The number of unbranched alkanes of at least 4 members (excludes halogenated alkanes) is 11. The molecule has 0 saturated carbocycles. The van der Waals surface area contributed by atoms with Crippen molar-refractivity contribution in [3.8, 4) is 0 Å². The number of hydrogen-bond acceptors (Lipinski definition) is 8. The van der Waals surface area contributed by atoms with Gasteiger partial charge in [-0.3, -0.25) is 0 Å². The molecule has 0 spiro atoms. The van der Waals surface area contributed by atoms with Crippen molar-refractivity contribution >= 4 is 0 Å². The number of ether oxygens (including phenoxy) is 2. The van der Waals surface area contributed by atoms with E-state index in [1.165, 1.54) is 64.2 Å². The number of nitrogens with two attached hydrogens (primary N) is 1. The lowest BCUT2D eigenvalue weighted by atomic mass is 9.99. The van der Waals surface area contributed by atoms with Gasteiger partial charge in [-0.15, -0.1) is 0 Å². The van der Waals surface area contributed by atoms with Gasteiger partial charge in [0.05, 0.1) is 25.4 Å².